The van der Waals surface area contributed by atoms with Crippen molar-refractivity contribution in [2.24, 2.45) is 11.8 Å². The fourth-order valence-electron chi connectivity index (χ4n) is 3.45. The third-order valence-corrected chi connectivity index (χ3v) is 4.71. The molecular weight excluding hydrogens is 299 g/mol. The van der Waals surface area contributed by atoms with Crippen molar-refractivity contribution in [3.05, 3.63) is 29.6 Å². The number of likely N-dealkylation sites (tertiary alicyclic amines) is 1. The lowest BCUT2D eigenvalue weighted by molar-refractivity contribution is -0.142. The minimum absolute atomic E-state index is 0.245. The van der Waals surface area contributed by atoms with E-state index in [1.165, 1.54) is 12.1 Å². The van der Waals surface area contributed by atoms with Gasteiger partial charge in [-0.05, 0) is 37.5 Å². The molecule has 6 heteroatoms. The molecule has 122 valence electrons. The van der Waals surface area contributed by atoms with E-state index in [4.69, 9.17) is 0 Å². The van der Waals surface area contributed by atoms with Crippen LogP contribution in [0.3, 0.4) is 0 Å². The van der Waals surface area contributed by atoms with Crippen LogP contribution in [-0.2, 0) is 14.4 Å². The Morgan fingerprint density at radius 3 is 2.43 bits per heavy atom. The Balaban J connectivity index is 1.69. The van der Waals surface area contributed by atoms with E-state index in [2.05, 4.69) is 5.32 Å². The summed E-state index contributed by atoms with van der Waals surface area (Å²) in [6.45, 7) is 1.44. The van der Waals surface area contributed by atoms with Gasteiger partial charge in [-0.2, -0.15) is 0 Å². The van der Waals surface area contributed by atoms with E-state index in [0.29, 0.717) is 11.3 Å². The molecule has 0 aromatic heterocycles. The molecule has 2 fully saturated rings. The Morgan fingerprint density at radius 1 is 1.22 bits per heavy atom. The van der Waals surface area contributed by atoms with Crippen molar-refractivity contribution >= 4 is 23.4 Å². The SMILES string of the molecule is Cc1ccc(F)cc1NC(=O)CN1C(=O)C2CCCCC2C1=O. The number of hydrogen-bond acceptors (Lipinski definition) is 3. The van der Waals surface area contributed by atoms with Crippen LogP contribution < -0.4 is 5.32 Å². The van der Waals surface area contributed by atoms with Crippen molar-refractivity contribution in [2.75, 3.05) is 11.9 Å². The van der Waals surface area contributed by atoms with E-state index in [-0.39, 0.29) is 30.2 Å². The first kappa shape index (κ1) is 15.6. The highest BCUT2D eigenvalue weighted by Crippen LogP contribution is 2.37. The molecule has 1 aromatic carbocycles. The van der Waals surface area contributed by atoms with Gasteiger partial charge in [0.05, 0.1) is 11.8 Å². The number of carbonyl (C=O) groups is 3. The van der Waals surface area contributed by atoms with E-state index in [1.54, 1.807) is 13.0 Å². The number of imide groups is 1. The molecule has 1 saturated carbocycles. The third-order valence-electron chi connectivity index (χ3n) is 4.71. The van der Waals surface area contributed by atoms with Crippen LogP contribution in [0.1, 0.15) is 31.2 Å². The third kappa shape index (κ3) is 2.98. The van der Waals surface area contributed by atoms with Crippen LogP contribution in [0.2, 0.25) is 0 Å². The quantitative estimate of drug-likeness (QED) is 0.869. The van der Waals surface area contributed by atoms with E-state index in [9.17, 15) is 18.8 Å². The number of aryl methyl sites for hydroxylation is 1. The molecule has 2 atom stereocenters. The summed E-state index contributed by atoms with van der Waals surface area (Å²) in [4.78, 5) is 37.9. The maximum Gasteiger partial charge on any atom is 0.244 e. The zero-order chi connectivity index (χ0) is 16.6. The fraction of sp³-hybridized carbons (Fsp3) is 0.471. The number of benzene rings is 1. The monoisotopic (exact) mass is 318 g/mol. The zero-order valence-corrected chi connectivity index (χ0v) is 13.0. The molecule has 2 aliphatic rings. The van der Waals surface area contributed by atoms with Crippen LogP contribution in [0.15, 0.2) is 18.2 Å². The number of carbonyl (C=O) groups excluding carboxylic acids is 3. The minimum atomic E-state index is -0.487. The van der Waals surface area contributed by atoms with Crippen molar-refractivity contribution in [3.63, 3.8) is 0 Å². The minimum Gasteiger partial charge on any atom is -0.324 e. The topological polar surface area (TPSA) is 66.5 Å². The van der Waals surface area contributed by atoms with Gasteiger partial charge in [0.1, 0.15) is 12.4 Å². The molecule has 0 bridgehead atoms. The van der Waals surface area contributed by atoms with Gasteiger partial charge in [0.25, 0.3) is 0 Å². The Hall–Kier alpha value is -2.24. The van der Waals surface area contributed by atoms with E-state index < -0.39 is 11.7 Å². The predicted octanol–water partition coefficient (Wildman–Crippen LogP) is 2.25. The van der Waals surface area contributed by atoms with Gasteiger partial charge in [-0.15, -0.1) is 0 Å². The number of fused-ring (bicyclic) bond motifs is 1. The van der Waals surface area contributed by atoms with Crippen LogP contribution in [0.25, 0.3) is 0 Å². The fourth-order valence-corrected chi connectivity index (χ4v) is 3.45. The number of halogens is 1. The molecule has 1 N–H and O–H groups in total. The van der Waals surface area contributed by atoms with Crippen molar-refractivity contribution in [1.29, 1.82) is 0 Å². The molecule has 1 aliphatic heterocycles. The van der Waals surface area contributed by atoms with Gasteiger partial charge < -0.3 is 5.32 Å². The van der Waals surface area contributed by atoms with Gasteiger partial charge >= 0.3 is 0 Å². The predicted molar refractivity (Wildman–Crippen MR) is 81.9 cm³/mol. The van der Waals surface area contributed by atoms with Crippen LogP contribution >= 0.6 is 0 Å². The second-order valence-corrected chi connectivity index (χ2v) is 6.27. The van der Waals surface area contributed by atoms with Gasteiger partial charge in [-0.3, -0.25) is 19.3 Å². The Labute approximate surface area is 133 Å². The second-order valence-electron chi connectivity index (χ2n) is 6.27. The molecule has 1 saturated heterocycles. The molecular formula is C17H19FN2O3. The zero-order valence-electron chi connectivity index (χ0n) is 13.0. The molecule has 0 radical (unpaired) electrons. The molecule has 2 unspecified atom stereocenters. The lowest BCUT2D eigenvalue weighted by Crippen LogP contribution is -2.38. The average molecular weight is 318 g/mol. The standard InChI is InChI=1S/C17H19FN2O3/c1-10-6-7-11(18)8-14(10)19-15(21)9-20-16(22)12-4-2-3-5-13(12)17(20)23/h6-8,12-13H,2-5,9H2,1H3,(H,19,21). The molecule has 23 heavy (non-hydrogen) atoms. The smallest absolute Gasteiger partial charge is 0.244 e. The van der Waals surface area contributed by atoms with Gasteiger partial charge in [0.15, 0.2) is 0 Å². The van der Waals surface area contributed by atoms with Crippen LogP contribution in [0.4, 0.5) is 10.1 Å². The maximum absolute atomic E-state index is 13.3. The highest BCUT2D eigenvalue weighted by molar-refractivity contribution is 6.08. The second kappa shape index (κ2) is 6.10. The number of nitrogens with one attached hydrogen (secondary N) is 1. The van der Waals surface area contributed by atoms with Crippen molar-refractivity contribution in [3.8, 4) is 0 Å². The van der Waals surface area contributed by atoms with Crippen LogP contribution in [-0.4, -0.2) is 29.2 Å². The largest absolute Gasteiger partial charge is 0.324 e. The maximum atomic E-state index is 13.3. The van der Waals surface area contributed by atoms with Crippen LogP contribution in [0, 0.1) is 24.6 Å². The normalized spacial score (nSPS) is 23.8. The van der Waals surface area contributed by atoms with Crippen molar-refractivity contribution in [1.82, 2.24) is 4.90 Å². The number of hydrogen-bond donors (Lipinski definition) is 1. The van der Waals surface area contributed by atoms with Crippen molar-refractivity contribution < 1.29 is 18.8 Å². The number of amides is 3. The lowest BCUT2D eigenvalue weighted by Gasteiger charge is -2.19. The lowest BCUT2D eigenvalue weighted by atomic mass is 9.81. The van der Waals surface area contributed by atoms with Gasteiger partial charge in [0.2, 0.25) is 17.7 Å². The molecule has 5 nitrogen and oxygen atoms in total. The number of anilines is 1. The first-order valence-electron chi connectivity index (χ1n) is 7.88. The Kier molecular flexibility index (Phi) is 4.15. The van der Waals surface area contributed by atoms with Gasteiger partial charge in [0, 0.05) is 5.69 Å². The average Bonchev–Trinajstić information content (AvgIpc) is 2.76. The van der Waals surface area contributed by atoms with Crippen LogP contribution in [0.5, 0.6) is 0 Å². The summed E-state index contributed by atoms with van der Waals surface area (Å²) in [5.41, 5.74) is 1.07. The summed E-state index contributed by atoms with van der Waals surface area (Å²) in [5, 5.41) is 2.58. The Morgan fingerprint density at radius 2 is 1.83 bits per heavy atom. The highest BCUT2D eigenvalue weighted by Gasteiger charge is 2.48. The van der Waals surface area contributed by atoms with Gasteiger partial charge in [-0.25, -0.2) is 4.39 Å². The van der Waals surface area contributed by atoms with E-state index in [1.807, 2.05) is 0 Å². The first-order valence-corrected chi connectivity index (χ1v) is 7.88. The van der Waals surface area contributed by atoms with Crippen molar-refractivity contribution in [2.45, 2.75) is 32.6 Å². The first-order chi connectivity index (χ1) is 11.0. The summed E-state index contributed by atoms with van der Waals surface area (Å²) >= 11 is 0. The number of rotatable bonds is 3. The number of nitrogens with zero attached hydrogens (tertiary/aromatic N) is 1. The molecule has 1 heterocycles. The molecule has 1 aromatic rings. The van der Waals surface area contributed by atoms with E-state index in [0.717, 1.165) is 30.6 Å². The molecule has 3 amide bonds. The highest BCUT2D eigenvalue weighted by atomic mass is 19.1. The molecule has 1 aliphatic carbocycles. The van der Waals surface area contributed by atoms with Gasteiger partial charge in [-0.1, -0.05) is 18.9 Å². The Bertz CT molecular complexity index is 650. The summed E-state index contributed by atoms with van der Waals surface area (Å²) in [6, 6.07) is 4.09. The summed E-state index contributed by atoms with van der Waals surface area (Å²) in [5.74, 6) is -1.96. The van der Waals surface area contributed by atoms with E-state index >= 15 is 0 Å². The summed E-state index contributed by atoms with van der Waals surface area (Å²) in [6.07, 6.45) is 3.33. The molecule has 0 spiro atoms. The summed E-state index contributed by atoms with van der Waals surface area (Å²) in [7, 11) is 0. The molecule has 3 rings (SSSR count). The summed E-state index contributed by atoms with van der Waals surface area (Å²) < 4.78 is 13.3.